The Morgan fingerprint density at radius 2 is 2.05 bits per heavy atom. The molecule has 2 rings (SSSR count). The van der Waals surface area contributed by atoms with Crippen molar-refractivity contribution in [1.82, 2.24) is 9.97 Å². The highest BCUT2D eigenvalue weighted by atomic mass is 32.2. The van der Waals surface area contributed by atoms with Crippen molar-refractivity contribution in [2.24, 2.45) is 0 Å². The van der Waals surface area contributed by atoms with Crippen LogP contribution in [0.15, 0.2) is 34.2 Å². The van der Waals surface area contributed by atoms with Crippen molar-refractivity contribution in [3.8, 4) is 29.1 Å². The second kappa shape index (κ2) is 6.60. The number of nitriles is 2. The van der Waals surface area contributed by atoms with Gasteiger partial charge < -0.3 is 9.72 Å². The minimum Gasteiger partial charge on any atom is -0.497 e. The summed E-state index contributed by atoms with van der Waals surface area (Å²) < 4.78 is 5.07. The molecular weight excluding hydrogens is 288 g/mol. The van der Waals surface area contributed by atoms with Gasteiger partial charge >= 0.3 is 0 Å². The summed E-state index contributed by atoms with van der Waals surface area (Å²) in [5.41, 5.74) is 0.363. The van der Waals surface area contributed by atoms with E-state index in [-0.39, 0.29) is 11.3 Å². The number of rotatable bonds is 4. The zero-order valence-corrected chi connectivity index (χ0v) is 11.9. The molecule has 0 unspecified atom stereocenters. The molecule has 104 valence electrons. The van der Waals surface area contributed by atoms with E-state index in [1.165, 1.54) is 0 Å². The van der Waals surface area contributed by atoms with Crippen molar-refractivity contribution in [3.05, 3.63) is 40.2 Å². The van der Waals surface area contributed by atoms with Crippen LogP contribution in [0.4, 0.5) is 0 Å². The standard InChI is InChI=1S/C14H10N4O2S/c1-20-10-4-2-9(3-5-10)12-11(8-16)13(19)18-14(17-12)21-7-6-15/h2-5H,7H2,1H3,(H,17,18,19). The summed E-state index contributed by atoms with van der Waals surface area (Å²) in [6.07, 6.45) is 0. The van der Waals surface area contributed by atoms with E-state index < -0.39 is 5.56 Å². The van der Waals surface area contributed by atoms with Gasteiger partial charge in [0, 0.05) is 5.56 Å². The predicted molar refractivity (Wildman–Crippen MR) is 77.9 cm³/mol. The summed E-state index contributed by atoms with van der Waals surface area (Å²) in [6, 6.07) is 10.7. The number of nitrogens with zero attached hydrogens (tertiary/aromatic N) is 3. The number of methoxy groups -OCH3 is 1. The Labute approximate surface area is 125 Å². The fraction of sp³-hybridized carbons (Fsp3) is 0.143. The van der Waals surface area contributed by atoms with E-state index in [1.54, 1.807) is 31.4 Å². The molecule has 0 atom stereocenters. The lowest BCUT2D eigenvalue weighted by atomic mass is 10.1. The normalized spacial score (nSPS) is 9.67. The van der Waals surface area contributed by atoms with Crippen LogP contribution in [-0.2, 0) is 0 Å². The number of nitrogens with one attached hydrogen (secondary N) is 1. The SMILES string of the molecule is COc1ccc(-c2nc(SCC#N)[nH]c(=O)c2C#N)cc1. The van der Waals surface area contributed by atoms with Gasteiger partial charge in [-0.15, -0.1) is 0 Å². The number of ether oxygens (including phenoxy) is 1. The van der Waals surface area contributed by atoms with Crippen LogP contribution in [0.2, 0.25) is 0 Å². The Bertz CT molecular complexity index is 785. The molecule has 2 aromatic rings. The highest BCUT2D eigenvalue weighted by molar-refractivity contribution is 7.99. The highest BCUT2D eigenvalue weighted by Crippen LogP contribution is 2.23. The summed E-state index contributed by atoms with van der Waals surface area (Å²) in [5, 5.41) is 18.0. The number of hydrogen-bond donors (Lipinski definition) is 1. The van der Waals surface area contributed by atoms with Gasteiger partial charge in [-0.2, -0.15) is 10.5 Å². The summed E-state index contributed by atoms with van der Waals surface area (Å²) in [5.74, 6) is 0.831. The minimum atomic E-state index is -0.515. The van der Waals surface area contributed by atoms with E-state index in [2.05, 4.69) is 9.97 Å². The monoisotopic (exact) mass is 298 g/mol. The fourth-order valence-corrected chi connectivity index (χ4v) is 2.21. The fourth-order valence-electron chi connectivity index (χ4n) is 1.68. The third-order valence-electron chi connectivity index (χ3n) is 2.65. The molecule has 6 nitrogen and oxygen atoms in total. The van der Waals surface area contributed by atoms with Gasteiger partial charge in [-0.05, 0) is 24.3 Å². The van der Waals surface area contributed by atoms with E-state index in [4.69, 9.17) is 15.3 Å². The lowest BCUT2D eigenvalue weighted by Crippen LogP contribution is -2.14. The summed E-state index contributed by atoms with van der Waals surface area (Å²) >= 11 is 1.11. The second-order valence-electron chi connectivity index (χ2n) is 3.88. The Kier molecular flexibility index (Phi) is 4.60. The predicted octanol–water partition coefficient (Wildman–Crippen LogP) is 1.93. The van der Waals surface area contributed by atoms with Gasteiger partial charge in [0.15, 0.2) is 5.16 Å². The first kappa shape index (κ1) is 14.6. The maximum absolute atomic E-state index is 11.9. The largest absolute Gasteiger partial charge is 0.497 e. The van der Waals surface area contributed by atoms with Gasteiger partial charge in [0.2, 0.25) is 0 Å². The van der Waals surface area contributed by atoms with Gasteiger partial charge in [0.25, 0.3) is 5.56 Å². The van der Waals surface area contributed by atoms with Crippen LogP contribution in [0, 0.1) is 22.7 Å². The first-order valence-corrected chi connectivity index (χ1v) is 6.86. The van der Waals surface area contributed by atoms with Crippen LogP contribution in [0.5, 0.6) is 5.75 Å². The summed E-state index contributed by atoms with van der Waals surface area (Å²) in [7, 11) is 1.55. The first-order valence-electron chi connectivity index (χ1n) is 5.88. The topological polar surface area (TPSA) is 103 Å². The summed E-state index contributed by atoms with van der Waals surface area (Å²) in [4.78, 5) is 18.7. The molecule has 0 saturated carbocycles. The molecule has 0 aliphatic heterocycles. The molecule has 1 N–H and O–H groups in total. The third kappa shape index (κ3) is 3.22. The van der Waals surface area contributed by atoms with Crippen molar-refractivity contribution in [1.29, 1.82) is 10.5 Å². The van der Waals surface area contributed by atoms with E-state index in [1.807, 2.05) is 12.1 Å². The smallest absolute Gasteiger partial charge is 0.270 e. The average molecular weight is 298 g/mol. The average Bonchev–Trinajstić information content (AvgIpc) is 2.52. The first-order chi connectivity index (χ1) is 10.2. The molecule has 21 heavy (non-hydrogen) atoms. The van der Waals surface area contributed by atoms with Gasteiger partial charge in [-0.25, -0.2) is 4.98 Å². The molecule has 0 saturated heterocycles. The van der Waals surface area contributed by atoms with Crippen LogP contribution >= 0.6 is 11.8 Å². The molecule has 0 bridgehead atoms. The number of hydrogen-bond acceptors (Lipinski definition) is 6. The molecule has 0 spiro atoms. The Hall–Kier alpha value is -2.77. The van der Waals surface area contributed by atoms with Crippen molar-refractivity contribution in [2.45, 2.75) is 5.16 Å². The quantitative estimate of drug-likeness (QED) is 0.683. The number of aromatic nitrogens is 2. The molecule has 1 aromatic carbocycles. The zero-order valence-electron chi connectivity index (χ0n) is 11.1. The minimum absolute atomic E-state index is 0.0542. The Balaban J connectivity index is 2.54. The molecule has 7 heteroatoms. The number of H-pyrrole nitrogens is 1. The number of aromatic amines is 1. The van der Waals surface area contributed by atoms with Crippen LogP contribution in [0.1, 0.15) is 5.56 Å². The molecule has 1 heterocycles. The van der Waals surface area contributed by atoms with E-state index >= 15 is 0 Å². The van der Waals surface area contributed by atoms with E-state index in [0.29, 0.717) is 22.2 Å². The number of benzene rings is 1. The van der Waals surface area contributed by atoms with Crippen molar-refractivity contribution in [3.63, 3.8) is 0 Å². The van der Waals surface area contributed by atoms with Crippen molar-refractivity contribution < 1.29 is 4.74 Å². The molecule has 0 radical (unpaired) electrons. The second-order valence-corrected chi connectivity index (χ2v) is 4.85. The molecule has 1 aromatic heterocycles. The maximum atomic E-state index is 11.9. The van der Waals surface area contributed by atoms with Crippen molar-refractivity contribution in [2.75, 3.05) is 12.9 Å². The lowest BCUT2D eigenvalue weighted by Gasteiger charge is -2.06. The summed E-state index contributed by atoms with van der Waals surface area (Å²) in [6.45, 7) is 0. The van der Waals surface area contributed by atoms with Gasteiger partial charge in [-0.1, -0.05) is 11.8 Å². The highest BCUT2D eigenvalue weighted by Gasteiger charge is 2.13. The van der Waals surface area contributed by atoms with Gasteiger partial charge in [-0.3, -0.25) is 4.79 Å². The molecule has 0 aliphatic rings. The van der Waals surface area contributed by atoms with Gasteiger partial charge in [0.1, 0.15) is 17.4 Å². The van der Waals surface area contributed by atoms with Crippen molar-refractivity contribution >= 4 is 11.8 Å². The van der Waals surface area contributed by atoms with Crippen LogP contribution < -0.4 is 10.3 Å². The lowest BCUT2D eigenvalue weighted by molar-refractivity contribution is 0.415. The molecule has 0 aliphatic carbocycles. The molecule has 0 fully saturated rings. The van der Waals surface area contributed by atoms with E-state index in [9.17, 15) is 4.79 Å². The van der Waals surface area contributed by atoms with Crippen LogP contribution in [0.25, 0.3) is 11.3 Å². The molecule has 0 amide bonds. The van der Waals surface area contributed by atoms with Crippen LogP contribution in [0.3, 0.4) is 0 Å². The number of thioether (sulfide) groups is 1. The van der Waals surface area contributed by atoms with Gasteiger partial charge in [0.05, 0.1) is 24.6 Å². The maximum Gasteiger partial charge on any atom is 0.270 e. The third-order valence-corrected chi connectivity index (χ3v) is 3.39. The Morgan fingerprint density at radius 3 is 2.62 bits per heavy atom. The zero-order chi connectivity index (χ0) is 15.2. The van der Waals surface area contributed by atoms with Crippen LogP contribution in [-0.4, -0.2) is 22.8 Å². The van der Waals surface area contributed by atoms with E-state index in [0.717, 1.165) is 11.8 Å². The Morgan fingerprint density at radius 1 is 1.33 bits per heavy atom. The molecular formula is C14H10N4O2S.